The third-order valence-electron chi connectivity index (χ3n) is 6.37. The third kappa shape index (κ3) is 6.11. The summed E-state index contributed by atoms with van der Waals surface area (Å²) >= 11 is 0. The molecule has 3 rings (SSSR count). The Morgan fingerprint density at radius 1 is 1.25 bits per heavy atom. The van der Waals surface area contributed by atoms with Crippen LogP contribution in [0, 0.1) is 22.0 Å². The van der Waals surface area contributed by atoms with Gasteiger partial charge in [-0.25, -0.2) is 0 Å². The summed E-state index contributed by atoms with van der Waals surface area (Å²) in [6.07, 6.45) is -1.23. The molecule has 2 atom stereocenters. The number of nitrogens with one attached hydrogen (secondary N) is 1. The summed E-state index contributed by atoms with van der Waals surface area (Å²) in [5.41, 5.74) is -1.44. The molecular formula is C22H31F3N4O3. The van der Waals surface area contributed by atoms with Gasteiger partial charge in [-0.2, -0.15) is 13.2 Å². The molecule has 0 saturated carbocycles. The van der Waals surface area contributed by atoms with E-state index in [0.29, 0.717) is 37.9 Å². The minimum absolute atomic E-state index is 0.0240. The number of nitro groups is 1. The Hall–Kier alpha value is -2.36. The van der Waals surface area contributed by atoms with Gasteiger partial charge in [-0.15, -0.1) is 0 Å². The van der Waals surface area contributed by atoms with E-state index < -0.39 is 22.4 Å². The van der Waals surface area contributed by atoms with E-state index in [9.17, 15) is 28.1 Å². The molecule has 2 saturated heterocycles. The van der Waals surface area contributed by atoms with Crippen molar-refractivity contribution >= 4 is 17.3 Å². The number of nitrogens with zero attached hydrogens (tertiary/aromatic N) is 3. The molecule has 0 spiro atoms. The summed E-state index contributed by atoms with van der Waals surface area (Å²) < 4.78 is 38.8. The zero-order valence-electron chi connectivity index (χ0n) is 18.5. The Labute approximate surface area is 186 Å². The molecule has 2 fully saturated rings. The highest BCUT2D eigenvalue weighted by atomic mass is 19.4. The van der Waals surface area contributed by atoms with Crippen LogP contribution in [0.2, 0.25) is 0 Å². The molecule has 1 aromatic carbocycles. The smallest absolute Gasteiger partial charge is 0.366 e. The van der Waals surface area contributed by atoms with Crippen LogP contribution >= 0.6 is 0 Å². The van der Waals surface area contributed by atoms with Gasteiger partial charge in [0.2, 0.25) is 5.91 Å². The van der Waals surface area contributed by atoms with Crippen molar-refractivity contribution in [1.29, 1.82) is 0 Å². The lowest BCUT2D eigenvalue weighted by Gasteiger charge is -2.35. The average molecular weight is 457 g/mol. The van der Waals surface area contributed by atoms with Crippen LogP contribution < -0.4 is 10.2 Å². The SMILES string of the molecule is CC1CCCN(CC(C)NC(=O)C2CCN(c3ccc(C(F)(F)F)cc3[N+](=O)[O-])CC2)C1. The number of piperidine rings is 2. The van der Waals surface area contributed by atoms with Gasteiger partial charge in [-0.05, 0) is 57.2 Å². The number of hydrogen-bond acceptors (Lipinski definition) is 5. The number of rotatable bonds is 6. The lowest BCUT2D eigenvalue weighted by atomic mass is 9.94. The van der Waals surface area contributed by atoms with Crippen molar-refractivity contribution in [1.82, 2.24) is 10.2 Å². The predicted molar refractivity (Wildman–Crippen MR) is 115 cm³/mol. The van der Waals surface area contributed by atoms with E-state index in [1.54, 1.807) is 4.90 Å². The summed E-state index contributed by atoms with van der Waals surface area (Å²) in [6, 6.07) is 2.63. The molecule has 2 unspecified atom stereocenters. The number of anilines is 1. The first-order valence-corrected chi connectivity index (χ1v) is 11.2. The number of hydrogen-bond donors (Lipinski definition) is 1. The van der Waals surface area contributed by atoms with Crippen LogP contribution in [0.1, 0.15) is 45.1 Å². The Morgan fingerprint density at radius 3 is 2.53 bits per heavy atom. The quantitative estimate of drug-likeness (QED) is 0.516. The summed E-state index contributed by atoms with van der Waals surface area (Å²) in [5, 5.41) is 14.5. The number of likely N-dealkylation sites (tertiary alicyclic amines) is 1. The lowest BCUT2D eigenvalue weighted by Crippen LogP contribution is -2.48. The van der Waals surface area contributed by atoms with Crippen molar-refractivity contribution in [3.8, 4) is 0 Å². The minimum Gasteiger partial charge on any atom is -0.366 e. The fourth-order valence-corrected chi connectivity index (χ4v) is 4.74. The number of carbonyl (C=O) groups excluding carboxylic acids is 1. The molecule has 178 valence electrons. The van der Waals surface area contributed by atoms with Crippen molar-refractivity contribution in [2.75, 3.05) is 37.6 Å². The van der Waals surface area contributed by atoms with Crippen LogP contribution in [0.5, 0.6) is 0 Å². The van der Waals surface area contributed by atoms with E-state index in [1.165, 1.54) is 12.8 Å². The summed E-state index contributed by atoms with van der Waals surface area (Å²) in [6.45, 7) is 7.90. The van der Waals surface area contributed by atoms with Crippen molar-refractivity contribution in [2.45, 2.75) is 51.7 Å². The fraction of sp³-hybridized carbons (Fsp3) is 0.682. The molecule has 10 heteroatoms. The van der Waals surface area contributed by atoms with E-state index in [0.717, 1.165) is 31.8 Å². The van der Waals surface area contributed by atoms with Gasteiger partial charge < -0.3 is 15.1 Å². The first-order valence-electron chi connectivity index (χ1n) is 11.2. The second-order valence-electron chi connectivity index (χ2n) is 9.14. The molecule has 0 aliphatic carbocycles. The maximum Gasteiger partial charge on any atom is 0.416 e. The average Bonchev–Trinajstić information content (AvgIpc) is 2.72. The van der Waals surface area contributed by atoms with Crippen molar-refractivity contribution < 1.29 is 22.9 Å². The van der Waals surface area contributed by atoms with Gasteiger partial charge in [0.1, 0.15) is 5.69 Å². The Kier molecular flexibility index (Phi) is 7.63. The second-order valence-corrected chi connectivity index (χ2v) is 9.14. The molecule has 32 heavy (non-hydrogen) atoms. The number of alkyl halides is 3. The third-order valence-corrected chi connectivity index (χ3v) is 6.37. The lowest BCUT2D eigenvalue weighted by molar-refractivity contribution is -0.384. The highest BCUT2D eigenvalue weighted by molar-refractivity contribution is 5.79. The van der Waals surface area contributed by atoms with Gasteiger partial charge >= 0.3 is 6.18 Å². The molecule has 0 bridgehead atoms. The zero-order valence-corrected chi connectivity index (χ0v) is 18.5. The van der Waals surface area contributed by atoms with E-state index in [-0.39, 0.29) is 23.6 Å². The Bertz CT molecular complexity index is 825. The van der Waals surface area contributed by atoms with Crippen LogP contribution in [0.15, 0.2) is 18.2 Å². The van der Waals surface area contributed by atoms with Crippen molar-refractivity contribution in [3.05, 3.63) is 33.9 Å². The highest BCUT2D eigenvalue weighted by Gasteiger charge is 2.35. The second kappa shape index (κ2) is 10.1. The monoisotopic (exact) mass is 456 g/mol. The summed E-state index contributed by atoms with van der Waals surface area (Å²) in [7, 11) is 0. The molecule has 0 radical (unpaired) electrons. The number of halogens is 3. The molecule has 1 N–H and O–H groups in total. The van der Waals surface area contributed by atoms with Gasteiger partial charge in [-0.3, -0.25) is 14.9 Å². The largest absolute Gasteiger partial charge is 0.416 e. The topological polar surface area (TPSA) is 78.7 Å². The summed E-state index contributed by atoms with van der Waals surface area (Å²) in [4.78, 5) is 27.4. The normalized spacial score (nSPS) is 21.9. The number of benzene rings is 1. The minimum atomic E-state index is -4.64. The summed E-state index contributed by atoms with van der Waals surface area (Å²) in [5.74, 6) is 0.442. The van der Waals surface area contributed by atoms with Gasteiger partial charge in [0.15, 0.2) is 0 Å². The van der Waals surface area contributed by atoms with Crippen LogP contribution in [-0.4, -0.2) is 54.5 Å². The number of carbonyl (C=O) groups is 1. The molecule has 2 aliphatic heterocycles. The molecule has 2 aliphatic rings. The molecule has 1 amide bonds. The Morgan fingerprint density at radius 2 is 1.94 bits per heavy atom. The fourth-order valence-electron chi connectivity index (χ4n) is 4.74. The first-order chi connectivity index (χ1) is 15.0. The van der Waals surface area contributed by atoms with Gasteiger partial charge in [0.25, 0.3) is 5.69 Å². The highest BCUT2D eigenvalue weighted by Crippen LogP contribution is 2.37. The molecule has 7 nitrogen and oxygen atoms in total. The van der Waals surface area contributed by atoms with Crippen LogP contribution in [0.3, 0.4) is 0 Å². The first kappa shape index (κ1) is 24.3. The van der Waals surface area contributed by atoms with E-state index in [4.69, 9.17) is 0 Å². The van der Waals surface area contributed by atoms with E-state index in [1.807, 2.05) is 6.92 Å². The standard InChI is InChI=1S/C22H31F3N4O3/c1-15-4-3-9-27(13-15)14-16(2)26-21(30)17-7-10-28(11-8-17)19-6-5-18(22(23,24)25)12-20(19)29(31)32/h5-6,12,15-17H,3-4,7-11,13-14H2,1-2H3,(H,26,30). The molecule has 1 aromatic rings. The number of nitro benzene ring substituents is 1. The zero-order chi connectivity index (χ0) is 23.5. The molecule has 2 heterocycles. The predicted octanol–water partition coefficient (Wildman–Crippen LogP) is 4.07. The van der Waals surface area contributed by atoms with Crippen LogP contribution in [-0.2, 0) is 11.0 Å². The Balaban J connectivity index is 1.55. The number of amides is 1. The van der Waals surface area contributed by atoms with Gasteiger partial charge in [0.05, 0.1) is 10.5 Å². The van der Waals surface area contributed by atoms with E-state index in [2.05, 4.69) is 17.1 Å². The maximum atomic E-state index is 12.9. The van der Waals surface area contributed by atoms with Crippen molar-refractivity contribution in [2.24, 2.45) is 11.8 Å². The van der Waals surface area contributed by atoms with Gasteiger partial charge in [0, 0.05) is 44.2 Å². The van der Waals surface area contributed by atoms with Gasteiger partial charge in [-0.1, -0.05) is 6.92 Å². The van der Waals surface area contributed by atoms with E-state index >= 15 is 0 Å². The van der Waals surface area contributed by atoms with Crippen molar-refractivity contribution in [3.63, 3.8) is 0 Å². The maximum absolute atomic E-state index is 12.9. The molecular weight excluding hydrogens is 425 g/mol. The van der Waals surface area contributed by atoms with Crippen LogP contribution in [0.25, 0.3) is 0 Å². The van der Waals surface area contributed by atoms with Crippen LogP contribution in [0.4, 0.5) is 24.5 Å². The molecule has 0 aromatic heterocycles.